The molecule has 1 unspecified atom stereocenters. The van der Waals surface area contributed by atoms with Gasteiger partial charge in [-0.1, -0.05) is 27.2 Å². The second-order valence-electron chi connectivity index (χ2n) is 7.17. The van der Waals surface area contributed by atoms with Gasteiger partial charge in [-0.05, 0) is 43.5 Å². The Bertz CT molecular complexity index is 428. The highest BCUT2D eigenvalue weighted by Gasteiger charge is 2.25. The van der Waals surface area contributed by atoms with Gasteiger partial charge < -0.3 is 9.73 Å². The Morgan fingerprint density at radius 3 is 2.62 bits per heavy atom. The molecule has 1 amide bonds. The Hall–Kier alpha value is -1.29. The molecule has 0 saturated carbocycles. The second kappa shape index (κ2) is 7.12. The Labute approximate surface area is 127 Å². The zero-order valence-electron chi connectivity index (χ0n) is 13.5. The maximum atomic E-state index is 12.1. The summed E-state index contributed by atoms with van der Waals surface area (Å²) in [5.41, 5.74) is 0.0232. The number of nitrogens with zero attached hydrogens (tertiary/aromatic N) is 1. The van der Waals surface area contributed by atoms with E-state index in [0.29, 0.717) is 13.0 Å². The number of hydrogen-bond donors (Lipinski definition) is 1. The van der Waals surface area contributed by atoms with Crippen molar-refractivity contribution >= 4 is 5.91 Å². The zero-order chi connectivity index (χ0) is 15.3. The number of carbonyl (C=O) groups is 1. The number of carbonyl (C=O) groups excluding carboxylic acids is 1. The van der Waals surface area contributed by atoms with Crippen LogP contribution in [0.25, 0.3) is 0 Å². The second-order valence-corrected chi connectivity index (χ2v) is 7.17. The van der Waals surface area contributed by atoms with E-state index in [1.54, 1.807) is 6.26 Å². The van der Waals surface area contributed by atoms with E-state index in [0.717, 1.165) is 18.8 Å². The van der Waals surface area contributed by atoms with Crippen LogP contribution in [0.1, 0.15) is 58.3 Å². The lowest BCUT2D eigenvalue weighted by atomic mass is 9.92. The number of nitrogens with one attached hydrogen (secondary N) is 1. The minimum atomic E-state index is 0.0232. The average molecular weight is 292 g/mol. The molecule has 118 valence electrons. The first-order valence-electron chi connectivity index (χ1n) is 8.00. The van der Waals surface area contributed by atoms with Crippen molar-refractivity contribution in [2.45, 2.75) is 52.5 Å². The largest absolute Gasteiger partial charge is 0.468 e. The van der Waals surface area contributed by atoms with Crippen LogP contribution in [0.2, 0.25) is 0 Å². The van der Waals surface area contributed by atoms with Crippen molar-refractivity contribution in [1.82, 2.24) is 10.2 Å². The number of rotatable bonds is 5. The van der Waals surface area contributed by atoms with E-state index in [1.807, 2.05) is 12.1 Å². The molecule has 21 heavy (non-hydrogen) atoms. The first kappa shape index (κ1) is 16.1. The molecule has 1 aromatic heterocycles. The van der Waals surface area contributed by atoms with Gasteiger partial charge in [-0.3, -0.25) is 9.69 Å². The van der Waals surface area contributed by atoms with Gasteiger partial charge in [0.25, 0.3) is 0 Å². The summed E-state index contributed by atoms with van der Waals surface area (Å²) in [7, 11) is 0. The van der Waals surface area contributed by atoms with Gasteiger partial charge in [-0.15, -0.1) is 0 Å². The summed E-state index contributed by atoms with van der Waals surface area (Å²) >= 11 is 0. The fraction of sp³-hybridized carbons (Fsp3) is 0.706. The predicted octanol–water partition coefficient (Wildman–Crippen LogP) is 3.36. The van der Waals surface area contributed by atoms with Crippen LogP contribution in [0.3, 0.4) is 0 Å². The molecule has 1 fully saturated rings. The summed E-state index contributed by atoms with van der Waals surface area (Å²) in [6.45, 7) is 9.05. The molecule has 1 N–H and O–H groups in total. The summed E-state index contributed by atoms with van der Waals surface area (Å²) in [5, 5.41) is 3.08. The summed E-state index contributed by atoms with van der Waals surface area (Å²) in [5.74, 6) is 1.07. The quantitative estimate of drug-likeness (QED) is 0.905. The number of piperidine rings is 1. The van der Waals surface area contributed by atoms with E-state index in [4.69, 9.17) is 4.42 Å². The summed E-state index contributed by atoms with van der Waals surface area (Å²) in [4.78, 5) is 14.5. The van der Waals surface area contributed by atoms with Crippen molar-refractivity contribution in [2.75, 3.05) is 19.6 Å². The monoisotopic (exact) mass is 292 g/mol. The number of likely N-dealkylation sites (tertiary alicyclic amines) is 1. The standard InChI is InChI=1S/C17H28N2O2/c1-17(2,3)12-16(20)18-13-14(15-8-7-11-21-15)19-9-5-4-6-10-19/h7-8,11,14H,4-6,9-10,12-13H2,1-3H3,(H,18,20). The van der Waals surface area contributed by atoms with Crippen LogP contribution in [0, 0.1) is 5.41 Å². The van der Waals surface area contributed by atoms with Gasteiger partial charge in [0.1, 0.15) is 5.76 Å². The highest BCUT2D eigenvalue weighted by atomic mass is 16.3. The van der Waals surface area contributed by atoms with Crippen LogP contribution in [0.15, 0.2) is 22.8 Å². The zero-order valence-corrected chi connectivity index (χ0v) is 13.5. The number of hydrogen-bond acceptors (Lipinski definition) is 3. The fourth-order valence-corrected chi connectivity index (χ4v) is 2.88. The minimum absolute atomic E-state index is 0.0232. The highest BCUT2D eigenvalue weighted by molar-refractivity contribution is 5.76. The summed E-state index contributed by atoms with van der Waals surface area (Å²) in [6.07, 6.45) is 6.03. The Morgan fingerprint density at radius 1 is 1.33 bits per heavy atom. The van der Waals surface area contributed by atoms with Crippen LogP contribution >= 0.6 is 0 Å². The molecule has 1 aromatic rings. The molecule has 0 spiro atoms. The lowest BCUT2D eigenvalue weighted by Gasteiger charge is -2.33. The Morgan fingerprint density at radius 2 is 2.05 bits per heavy atom. The SMILES string of the molecule is CC(C)(C)CC(=O)NCC(c1ccco1)N1CCCCC1. The maximum Gasteiger partial charge on any atom is 0.220 e. The number of amides is 1. The van der Waals surface area contributed by atoms with Gasteiger partial charge >= 0.3 is 0 Å². The normalized spacial score (nSPS) is 18.4. The van der Waals surface area contributed by atoms with Crippen LogP contribution in [0.5, 0.6) is 0 Å². The van der Waals surface area contributed by atoms with E-state index >= 15 is 0 Å². The molecule has 2 heterocycles. The molecule has 4 nitrogen and oxygen atoms in total. The molecule has 4 heteroatoms. The molecular weight excluding hydrogens is 264 g/mol. The topological polar surface area (TPSA) is 45.5 Å². The fourth-order valence-electron chi connectivity index (χ4n) is 2.88. The molecule has 0 radical (unpaired) electrons. The first-order valence-corrected chi connectivity index (χ1v) is 8.00. The minimum Gasteiger partial charge on any atom is -0.468 e. The maximum absolute atomic E-state index is 12.1. The van der Waals surface area contributed by atoms with Crippen LogP contribution < -0.4 is 5.32 Å². The average Bonchev–Trinajstić information content (AvgIpc) is 2.92. The van der Waals surface area contributed by atoms with E-state index in [-0.39, 0.29) is 17.4 Å². The number of furan rings is 1. The van der Waals surface area contributed by atoms with E-state index in [9.17, 15) is 4.79 Å². The van der Waals surface area contributed by atoms with Gasteiger partial charge in [0.05, 0.1) is 12.3 Å². The van der Waals surface area contributed by atoms with E-state index < -0.39 is 0 Å². The van der Waals surface area contributed by atoms with Crippen molar-refractivity contribution in [3.63, 3.8) is 0 Å². The molecule has 0 aliphatic carbocycles. The molecule has 1 aliphatic rings. The van der Waals surface area contributed by atoms with Gasteiger partial charge in [-0.2, -0.15) is 0 Å². The highest BCUT2D eigenvalue weighted by Crippen LogP contribution is 2.25. The van der Waals surface area contributed by atoms with E-state index in [2.05, 4.69) is 31.0 Å². The molecular formula is C17H28N2O2. The molecule has 1 saturated heterocycles. The van der Waals surface area contributed by atoms with Gasteiger partial charge in [0.2, 0.25) is 5.91 Å². The lowest BCUT2D eigenvalue weighted by molar-refractivity contribution is -0.123. The first-order chi connectivity index (χ1) is 9.96. The van der Waals surface area contributed by atoms with Crippen molar-refractivity contribution in [1.29, 1.82) is 0 Å². The molecule has 1 aliphatic heterocycles. The summed E-state index contributed by atoms with van der Waals surface area (Å²) < 4.78 is 5.59. The van der Waals surface area contributed by atoms with Crippen LogP contribution in [-0.2, 0) is 4.79 Å². The van der Waals surface area contributed by atoms with Crippen molar-refractivity contribution in [3.05, 3.63) is 24.2 Å². The summed E-state index contributed by atoms with van der Waals surface area (Å²) in [6, 6.07) is 4.09. The van der Waals surface area contributed by atoms with Crippen molar-refractivity contribution in [2.24, 2.45) is 5.41 Å². The van der Waals surface area contributed by atoms with E-state index in [1.165, 1.54) is 19.3 Å². The smallest absolute Gasteiger partial charge is 0.220 e. The van der Waals surface area contributed by atoms with Crippen LogP contribution in [-0.4, -0.2) is 30.4 Å². The third kappa shape index (κ3) is 5.20. The van der Waals surface area contributed by atoms with Gasteiger partial charge in [0.15, 0.2) is 0 Å². The Balaban J connectivity index is 1.95. The Kier molecular flexibility index (Phi) is 5.45. The van der Waals surface area contributed by atoms with Gasteiger partial charge in [0, 0.05) is 13.0 Å². The third-order valence-electron chi connectivity index (χ3n) is 3.89. The van der Waals surface area contributed by atoms with Gasteiger partial charge in [-0.25, -0.2) is 0 Å². The third-order valence-corrected chi connectivity index (χ3v) is 3.89. The molecule has 1 atom stereocenters. The van der Waals surface area contributed by atoms with Crippen molar-refractivity contribution in [3.8, 4) is 0 Å². The molecule has 0 aromatic carbocycles. The molecule has 0 bridgehead atoms. The molecule has 2 rings (SSSR count). The predicted molar refractivity (Wildman–Crippen MR) is 84.0 cm³/mol. The van der Waals surface area contributed by atoms with Crippen LogP contribution in [0.4, 0.5) is 0 Å². The van der Waals surface area contributed by atoms with Crippen molar-refractivity contribution < 1.29 is 9.21 Å². The lowest BCUT2D eigenvalue weighted by Crippen LogP contribution is -2.41.